The maximum atomic E-state index is 5.24. The van der Waals surface area contributed by atoms with Crippen molar-refractivity contribution in [3.8, 4) is 17.1 Å². The van der Waals surface area contributed by atoms with E-state index in [2.05, 4.69) is 9.97 Å². The molecule has 1 aromatic heterocycles. The molecule has 0 spiro atoms. The van der Waals surface area contributed by atoms with Gasteiger partial charge in [0, 0.05) is 0 Å². The molecule has 0 fully saturated rings. The van der Waals surface area contributed by atoms with Crippen LogP contribution in [0.2, 0.25) is 0 Å². The van der Waals surface area contributed by atoms with E-state index in [-0.39, 0.29) is 0 Å². The molecular formula is C13H9BN2O. The number of imidazole rings is 1. The van der Waals surface area contributed by atoms with Crippen molar-refractivity contribution >= 4 is 19.1 Å². The molecular weight excluding hydrogens is 211 g/mol. The van der Waals surface area contributed by atoms with Crippen LogP contribution in [0, 0.1) is 0 Å². The number of hydrogen-bond acceptors (Lipinski definition) is 2. The molecule has 1 heterocycles. The second-order valence-electron chi connectivity index (χ2n) is 3.72. The Morgan fingerprint density at radius 3 is 2.59 bits per heavy atom. The summed E-state index contributed by atoms with van der Waals surface area (Å²) in [5.74, 6) is 1.36. The molecule has 0 amide bonds. The molecule has 0 unspecified atom stereocenters. The summed E-state index contributed by atoms with van der Waals surface area (Å²) in [7, 11) is 5.24. The minimum Gasteiger partial charge on any atom is -0.567 e. The number of aromatic nitrogens is 2. The number of aromatic amines is 1. The van der Waals surface area contributed by atoms with E-state index >= 15 is 0 Å². The highest BCUT2D eigenvalue weighted by atomic mass is 16.4. The van der Waals surface area contributed by atoms with Crippen LogP contribution in [0.3, 0.4) is 0 Å². The van der Waals surface area contributed by atoms with Gasteiger partial charge in [-0.25, -0.2) is 4.98 Å². The quantitative estimate of drug-likeness (QED) is 0.674. The normalized spacial score (nSPS) is 10.6. The van der Waals surface area contributed by atoms with E-state index in [4.69, 9.17) is 12.7 Å². The molecule has 3 rings (SSSR count). The molecule has 0 saturated carbocycles. The number of para-hydroxylation sites is 3. The zero-order valence-corrected chi connectivity index (χ0v) is 9.05. The summed E-state index contributed by atoms with van der Waals surface area (Å²) in [5, 5.41) is 0. The molecule has 0 bridgehead atoms. The number of rotatable bonds is 2. The second-order valence-corrected chi connectivity index (χ2v) is 3.72. The summed E-state index contributed by atoms with van der Waals surface area (Å²) >= 11 is 0. The zero-order chi connectivity index (χ0) is 11.7. The first-order valence-corrected chi connectivity index (χ1v) is 5.29. The predicted octanol–water partition coefficient (Wildman–Crippen LogP) is 2.69. The maximum absolute atomic E-state index is 5.24. The first-order chi connectivity index (χ1) is 8.38. The molecule has 3 nitrogen and oxygen atoms in total. The molecule has 1 N–H and O–H groups in total. The first kappa shape index (κ1) is 9.96. The number of benzene rings is 2. The Morgan fingerprint density at radius 1 is 1.00 bits per heavy atom. The standard InChI is InChI=1S/C13H9BN2O/c14-17-12-8-4-1-5-9(12)13-15-10-6-2-3-7-11(10)16-13/h1-8H,(H,15,16). The van der Waals surface area contributed by atoms with Crippen molar-refractivity contribution in [2.24, 2.45) is 0 Å². The van der Waals surface area contributed by atoms with Gasteiger partial charge in [-0.2, -0.15) is 0 Å². The van der Waals surface area contributed by atoms with Crippen molar-refractivity contribution < 1.29 is 4.65 Å². The summed E-state index contributed by atoms with van der Waals surface area (Å²) in [6, 6.07) is 15.4. The highest BCUT2D eigenvalue weighted by molar-refractivity contribution is 6.00. The van der Waals surface area contributed by atoms with E-state index in [9.17, 15) is 0 Å². The maximum Gasteiger partial charge on any atom is 0.374 e. The van der Waals surface area contributed by atoms with Crippen LogP contribution in [-0.2, 0) is 0 Å². The molecule has 0 atom stereocenters. The average molecular weight is 220 g/mol. The number of nitrogens with one attached hydrogen (secondary N) is 1. The van der Waals surface area contributed by atoms with Crippen LogP contribution >= 0.6 is 0 Å². The Kier molecular flexibility index (Phi) is 2.33. The van der Waals surface area contributed by atoms with Crippen LogP contribution in [0.25, 0.3) is 22.4 Å². The lowest BCUT2D eigenvalue weighted by Crippen LogP contribution is -1.89. The minimum absolute atomic E-state index is 0.603. The van der Waals surface area contributed by atoms with E-state index in [0.717, 1.165) is 22.4 Å². The SMILES string of the molecule is [B]Oc1ccccc1-c1nc2ccccc2[nH]1. The minimum atomic E-state index is 0.603. The van der Waals surface area contributed by atoms with Crippen LogP contribution in [0.15, 0.2) is 48.5 Å². The summed E-state index contributed by atoms with van der Waals surface area (Å²) < 4.78 is 4.84. The summed E-state index contributed by atoms with van der Waals surface area (Å²) in [5.41, 5.74) is 2.77. The van der Waals surface area contributed by atoms with Gasteiger partial charge in [0.05, 0.1) is 16.6 Å². The molecule has 0 saturated heterocycles. The average Bonchev–Trinajstić information content (AvgIpc) is 2.82. The highest BCUT2D eigenvalue weighted by Gasteiger charge is 2.08. The van der Waals surface area contributed by atoms with Gasteiger partial charge in [-0.05, 0) is 24.3 Å². The van der Waals surface area contributed by atoms with Gasteiger partial charge in [-0.3, -0.25) is 0 Å². The monoisotopic (exact) mass is 220 g/mol. The molecule has 4 heteroatoms. The Morgan fingerprint density at radius 2 is 1.76 bits per heavy atom. The fourth-order valence-corrected chi connectivity index (χ4v) is 1.85. The van der Waals surface area contributed by atoms with Gasteiger partial charge >= 0.3 is 8.05 Å². The van der Waals surface area contributed by atoms with Gasteiger partial charge in [-0.15, -0.1) is 0 Å². The third-order valence-electron chi connectivity index (χ3n) is 2.66. The topological polar surface area (TPSA) is 37.9 Å². The largest absolute Gasteiger partial charge is 0.567 e. The highest BCUT2D eigenvalue weighted by Crippen LogP contribution is 2.28. The molecule has 2 aromatic carbocycles. The zero-order valence-electron chi connectivity index (χ0n) is 9.05. The van der Waals surface area contributed by atoms with Crippen molar-refractivity contribution in [1.29, 1.82) is 0 Å². The van der Waals surface area contributed by atoms with E-state index in [1.807, 2.05) is 48.5 Å². The lowest BCUT2D eigenvalue weighted by molar-refractivity contribution is 0.618. The third-order valence-corrected chi connectivity index (χ3v) is 2.66. The van der Waals surface area contributed by atoms with Crippen LogP contribution < -0.4 is 4.65 Å². The number of H-pyrrole nitrogens is 1. The van der Waals surface area contributed by atoms with Gasteiger partial charge in [0.25, 0.3) is 0 Å². The molecule has 2 radical (unpaired) electrons. The molecule has 17 heavy (non-hydrogen) atoms. The third kappa shape index (κ3) is 1.67. The van der Waals surface area contributed by atoms with Crippen molar-refractivity contribution in [2.45, 2.75) is 0 Å². The van der Waals surface area contributed by atoms with Crippen molar-refractivity contribution in [1.82, 2.24) is 9.97 Å². The molecule has 0 aliphatic rings. The Labute approximate surface area is 99.9 Å². The molecule has 80 valence electrons. The van der Waals surface area contributed by atoms with Crippen molar-refractivity contribution in [3.05, 3.63) is 48.5 Å². The molecule has 0 aliphatic heterocycles. The summed E-state index contributed by atoms with van der Waals surface area (Å²) in [6.07, 6.45) is 0. The van der Waals surface area contributed by atoms with E-state index in [1.54, 1.807) is 0 Å². The van der Waals surface area contributed by atoms with Crippen LogP contribution in [0.1, 0.15) is 0 Å². The number of hydrogen-bond donors (Lipinski definition) is 1. The summed E-state index contributed by atoms with van der Waals surface area (Å²) in [6.45, 7) is 0. The Hall–Kier alpha value is -2.23. The lowest BCUT2D eigenvalue weighted by Gasteiger charge is -2.05. The number of fused-ring (bicyclic) bond motifs is 1. The smallest absolute Gasteiger partial charge is 0.374 e. The van der Waals surface area contributed by atoms with Crippen LogP contribution in [-0.4, -0.2) is 18.0 Å². The van der Waals surface area contributed by atoms with Crippen LogP contribution in [0.4, 0.5) is 0 Å². The van der Waals surface area contributed by atoms with Gasteiger partial charge in [0.2, 0.25) is 0 Å². The molecule has 0 aliphatic carbocycles. The van der Waals surface area contributed by atoms with Gasteiger partial charge in [0.1, 0.15) is 11.6 Å². The predicted molar refractivity (Wildman–Crippen MR) is 67.9 cm³/mol. The lowest BCUT2D eigenvalue weighted by atomic mass is 10.2. The Balaban J connectivity index is 2.20. The fraction of sp³-hybridized carbons (Fsp3) is 0. The van der Waals surface area contributed by atoms with E-state index < -0.39 is 0 Å². The molecule has 3 aromatic rings. The summed E-state index contributed by atoms with van der Waals surface area (Å²) in [4.78, 5) is 7.74. The van der Waals surface area contributed by atoms with Crippen LogP contribution in [0.5, 0.6) is 5.75 Å². The van der Waals surface area contributed by atoms with Crippen molar-refractivity contribution in [3.63, 3.8) is 0 Å². The Bertz CT molecular complexity index is 630. The van der Waals surface area contributed by atoms with E-state index in [1.165, 1.54) is 0 Å². The van der Waals surface area contributed by atoms with Gasteiger partial charge in [-0.1, -0.05) is 24.3 Å². The number of nitrogens with zero attached hydrogens (tertiary/aromatic N) is 1. The van der Waals surface area contributed by atoms with Gasteiger partial charge in [0.15, 0.2) is 0 Å². The van der Waals surface area contributed by atoms with Crippen molar-refractivity contribution in [2.75, 3.05) is 0 Å². The van der Waals surface area contributed by atoms with E-state index in [0.29, 0.717) is 5.75 Å². The second kappa shape index (κ2) is 3.98. The van der Waals surface area contributed by atoms with Gasteiger partial charge < -0.3 is 9.64 Å². The first-order valence-electron chi connectivity index (χ1n) is 5.29. The fourth-order valence-electron chi connectivity index (χ4n) is 1.85.